The molecule has 2 heterocycles. The molecule has 2 aromatic rings. The van der Waals surface area contributed by atoms with Gasteiger partial charge in [0, 0.05) is 17.7 Å². The summed E-state index contributed by atoms with van der Waals surface area (Å²) in [7, 11) is 0. The van der Waals surface area contributed by atoms with E-state index in [-0.39, 0.29) is 0 Å². The fourth-order valence-electron chi connectivity index (χ4n) is 3.59. The third-order valence-corrected chi connectivity index (χ3v) is 4.63. The molecule has 0 saturated carbocycles. The first-order valence-electron chi connectivity index (χ1n) is 7.99. The molecule has 0 aromatic carbocycles. The van der Waals surface area contributed by atoms with E-state index in [1.165, 1.54) is 18.4 Å². The van der Waals surface area contributed by atoms with Gasteiger partial charge in [0.1, 0.15) is 11.3 Å². The summed E-state index contributed by atoms with van der Waals surface area (Å²) in [6, 6.07) is 0. The Kier molecular flexibility index (Phi) is 3.51. The van der Waals surface area contributed by atoms with Crippen LogP contribution in [0.4, 0.5) is 5.82 Å². The zero-order valence-electron chi connectivity index (χ0n) is 13.2. The monoisotopic (exact) mass is 287 g/mol. The van der Waals surface area contributed by atoms with Crippen LogP contribution in [0.15, 0.2) is 0 Å². The molecule has 1 atom stereocenters. The second-order valence-electron chi connectivity index (χ2n) is 6.45. The molecule has 0 radical (unpaired) electrons. The highest BCUT2D eigenvalue weighted by atomic mass is 15.3. The lowest BCUT2D eigenvalue weighted by atomic mass is 9.78. The number of nitrogens with two attached hydrogens (primary N) is 2. The van der Waals surface area contributed by atoms with Gasteiger partial charge in [-0.25, -0.2) is 14.6 Å². The van der Waals surface area contributed by atoms with Crippen LogP contribution in [0.25, 0.3) is 11.0 Å². The Labute approximate surface area is 125 Å². The lowest BCUT2D eigenvalue weighted by Crippen LogP contribution is -2.21. The fraction of sp³-hybridized carbons (Fsp3) is 0.625. The van der Waals surface area contributed by atoms with E-state index in [2.05, 4.69) is 30.7 Å². The van der Waals surface area contributed by atoms with Crippen LogP contribution < -0.4 is 11.6 Å². The van der Waals surface area contributed by atoms with Crippen molar-refractivity contribution in [3.05, 3.63) is 17.1 Å². The van der Waals surface area contributed by atoms with E-state index in [0.29, 0.717) is 17.7 Å². The van der Waals surface area contributed by atoms with Gasteiger partial charge in [-0.2, -0.15) is 0 Å². The van der Waals surface area contributed by atoms with Crippen LogP contribution in [-0.2, 0) is 12.8 Å². The number of pyridine rings is 1. The molecule has 0 bridgehead atoms. The van der Waals surface area contributed by atoms with Crippen molar-refractivity contribution >= 4 is 16.9 Å². The van der Waals surface area contributed by atoms with E-state index in [1.54, 1.807) is 4.68 Å². The second kappa shape index (κ2) is 5.20. The smallest absolute Gasteiger partial charge is 0.151 e. The molecule has 1 aliphatic carbocycles. The van der Waals surface area contributed by atoms with Crippen molar-refractivity contribution in [1.82, 2.24) is 14.6 Å². The number of nitrogen functional groups attached to an aromatic ring is 2. The van der Waals surface area contributed by atoms with Crippen molar-refractivity contribution in [1.29, 1.82) is 0 Å². The van der Waals surface area contributed by atoms with Crippen LogP contribution >= 0.6 is 0 Å². The van der Waals surface area contributed by atoms with E-state index in [0.717, 1.165) is 41.8 Å². The Morgan fingerprint density at radius 2 is 2.10 bits per heavy atom. The zero-order valence-corrected chi connectivity index (χ0v) is 13.2. The van der Waals surface area contributed by atoms with Crippen LogP contribution in [0.3, 0.4) is 0 Å². The third kappa shape index (κ3) is 2.15. The predicted molar refractivity (Wildman–Crippen MR) is 86.6 cm³/mol. The van der Waals surface area contributed by atoms with Crippen LogP contribution in [-0.4, -0.2) is 14.6 Å². The molecule has 0 aliphatic heterocycles. The maximum Gasteiger partial charge on any atom is 0.151 e. The first kappa shape index (κ1) is 14.2. The maximum absolute atomic E-state index is 6.35. The molecule has 0 saturated heterocycles. The van der Waals surface area contributed by atoms with Gasteiger partial charge in [0.05, 0.1) is 5.52 Å². The average Bonchev–Trinajstić information content (AvgIpc) is 2.77. The van der Waals surface area contributed by atoms with E-state index < -0.39 is 0 Å². The topological polar surface area (TPSA) is 82.8 Å². The lowest BCUT2D eigenvalue weighted by Gasteiger charge is -2.28. The first-order valence-corrected chi connectivity index (χ1v) is 7.99. The molecule has 5 heteroatoms. The van der Waals surface area contributed by atoms with Crippen LogP contribution in [0.2, 0.25) is 0 Å². The number of nitrogens with zero attached hydrogens (tertiary/aromatic N) is 3. The number of hydrogen-bond donors (Lipinski definition) is 2. The Morgan fingerprint density at radius 3 is 2.76 bits per heavy atom. The second-order valence-corrected chi connectivity index (χ2v) is 6.45. The summed E-state index contributed by atoms with van der Waals surface area (Å²) in [5.41, 5.74) is 10.3. The molecule has 1 unspecified atom stereocenters. The minimum Gasteiger partial charge on any atom is -0.382 e. The van der Waals surface area contributed by atoms with E-state index in [1.807, 2.05) is 0 Å². The molecule has 114 valence electrons. The number of rotatable bonds is 3. The molecule has 0 fully saturated rings. The first-order chi connectivity index (χ1) is 10.0. The maximum atomic E-state index is 6.35. The van der Waals surface area contributed by atoms with Crippen molar-refractivity contribution in [2.24, 2.45) is 5.92 Å². The summed E-state index contributed by atoms with van der Waals surface area (Å²) >= 11 is 0. The third-order valence-electron chi connectivity index (χ3n) is 4.63. The fourth-order valence-corrected chi connectivity index (χ4v) is 3.59. The van der Waals surface area contributed by atoms with Gasteiger partial charge in [-0.15, -0.1) is 0 Å². The summed E-state index contributed by atoms with van der Waals surface area (Å²) in [5, 5.41) is 0. The van der Waals surface area contributed by atoms with Crippen molar-refractivity contribution in [3.8, 4) is 0 Å². The summed E-state index contributed by atoms with van der Waals surface area (Å²) in [5.74, 6) is 8.85. The quantitative estimate of drug-likeness (QED) is 0.850. The van der Waals surface area contributed by atoms with Crippen molar-refractivity contribution in [3.63, 3.8) is 0 Å². The molecule has 0 spiro atoms. The van der Waals surface area contributed by atoms with Crippen LogP contribution in [0, 0.1) is 5.92 Å². The molecule has 0 amide bonds. The molecule has 5 nitrogen and oxygen atoms in total. The SMILES string of the molecule is CCCc1nc2c(N)nc3c(c2n1N)C(C(C)C)CCC3. The number of anilines is 1. The summed E-state index contributed by atoms with van der Waals surface area (Å²) in [6.07, 6.45) is 5.25. The molecule has 21 heavy (non-hydrogen) atoms. The summed E-state index contributed by atoms with van der Waals surface area (Å²) < 4.78 is 1.76. The molecule has 2 aromatic heterocycles. The Bertz CT molecular complexity index is 671. The van der Waals surface area contributed by atoms with E-state index >= 15 is 0 Å². The average molecular weight is 287 g/mol. The summed E-state index contributed by atoms with van der Waals surface area (Å²) in [4.78, 5) is 9.29. The molecule has 1 aliphatic rings. The Hall–Kier alpha value is -1.78. The van der Waals surface area contributed by atoms with E-state index in [4.69, 9.17) is 11.6 Å². The van der Waals surface area contributed by atoms with Crippen molar-refractivity contribution in [2.45, 2.75) is 58.8 Å². The van der Waals surface area contributed by atoms with Crippen molar-refractivity contribution in [2.75, 3.05) is 11.6 Å². The predicted octanol–water partition coefficient (Wildman–Crippen LogP) is 2.76. The number of aromatic nitrogens is 3. The number of aryl methyl sites for hydroxylation is 2. The van der Waals surface area contributed by atoms with Gasteiger partial charge in [0.25, 0.3) is 0 Å². The lowest BCUT2D eigenvalue weighted by molar-refractivity contribution is 0.432. The number of hydrogen-bond acceptors (Lipinski definition) is 4. The Morgan fingerprint density at radius 1 is 1.33 bits per heavy atom. The van der Waals surface area contributed by atoms with Gasteiger partial charge in [-0.1, -0.05) is 20.8 Å². The van der Waals surface area contributed by atoms with Gasteiger partial charge in [0.2, 0.25) is 0 Å². The van der Waals surface area contributed by atoms with Gasteiger partial charge in [-0.3, -0.25) is 0 Å². The number of fused-ring (bicyclic) bond motifs is 3. The molecule has 4 N–H and O–H groups in total. The van der Waals surface area contributed by atoms with Crippen LogP contribution in [0.1, 0.15) is 63.0 Å². The van der Waals surface area contributed by atoms with E-state index in [9.17, 15) is 0 Å². The number of imidazole rings is 1. The van der Waals surface area contributed by atoms with Crippen molar-refractivity contribution < 1.29 is 0 Å². The van der Waals surface area contributed by atoms with Gasteiger partial charge >= 0.3 is 0 Å². The van der Waals surface area contributed by atoms with Crippen LogP contribution in [0.5, 0.6) is 0 Å². The zero-order chi connectivity index (χ0) is 15.1. The molecule has 3 rings (SSSR count). The highest BCUT2D eigenvalue weighted by Crippen LogP contribution is 2.41. The molecular formula is C16H25N5. The van der Waals surface area contributed by atoms with Gasteiger partial charge in [-0.05, 0) is 37.5 Å². The highest BCUT2D eigenvalue weighted by Gasteiger charge is 2.29. The summed E-state index contributed by atoms with van der Waals surface area (Å²) in [6.45, 7) is 6.67. The highest BCUT2D eigenvalue weighted by molar-refractivity contribution is 5.89. The Balaban J connectivity index is 2.31. The van der Waals surface area contributed by atoms with Gasteiger partial charge in [0.15, 0.2) is 5.82 Å². The standard InChI is InChI=1S/C16H25N5/c1-4-6-12-20-14-15(21(12)18)13-10(9(2)3)7-5-8-11(13)19-16(14)17/h9-10H,4-8,18H2,1-3H3,(H2,17,19). The minimum absolute atomic E-state index is 0.498. The minimum atomic E-state index is 0.498. The normalized spacial score (nSPS) is 18.4. The van der Waals surface area contributed by atoms with Gasteiger partial charge < -0.3 is 11.6 Å². The molecular weight excluding hydrogens is 262 g/mol. The largest absolute Gasteiger partial charge is 0.382 e.